The highest BCUT2D eigenvalue weighted by atomic mass is 16.5. The quantitative estimate of drug-likeness (QED) is 0.867. The molecule has 0 aromatic carbocycles. The van der Waals surface area contributed by atoms with Gasteiger partial charge in [0.2, 0.25) is 5.56 Å². The normalized spacial score (nSPS) is 20.4. The van der Waals surface area contributed by atoms with Crippen molar-refractivity contribution in [2.45, 2.75) is 38.8 Å². The van der Waals surface area contributed by atoms with Gasteiger partial charge in [-0.3, -0.25) is 9.59 Å². The van der Waals surface area contributed by atoms with Crippen molar-refractivity contribution >= 4 is 5.91 Å². The summed E-state index contributed by atoms with van der Waals surface area (Å²) in [5.41, 5.74) is 0.939. The van der Waals surface area contributed by atoms with Gasteiger partial charge >= 0.3 is 0 Å². The van der Waals surface area contributed by atoms with Crippen LogP contribution in [0.3, 0.4) is 0 Å². The molecule has 0 spiro atoms. The maximum absolute atomic E-state index is 13.1. The number of nitrogens with one attached hydrogen (secondary N) is 2. The van der Waals surface area contributed by atoms with Crippen molar-refractivity contribution in [1.29, 1.82) is 0 Å². The first-order chi connectivity index (χ1) is 12.0. The molecular formula is C18H24N4O3. The van der Waals surface area contributed by atoms with Gasteiger partial charge in [-0.05, 0) is 18.4 Å². The van der Waals surface area contributed by atoms with Crippen molar-refractivity contribution in [3.8, 4) is 0 Å². The van der Waals surface area contributed by atoms with Crippen LogP contribution in [0.25, 0.3) is 0 Å². The molecular weight excluding hydrogens is 320 g/mol. The number of amides is 1. The van der Waals surface area contributed by atoms with E-state index in [1.165, 1.54) is 6.07 Å². The van der Waals surface area contributed by atoms with Gasteiger partial charge in [0.15, 0.2) is 0 Å². The minimum atomic E-state index is -0.251. The van der Waals surface area contributed by atoms with Crippen LogP contribution in [0, 0.1) is 5.92 Å². The highest BCUT2D eigenvalue weighted by molar-refractivity contribution is 5.94. The van der Waals surface area contributed by atoms with Crippen molar-refractivity contribution in [2.75, 3.05) is 13.7 Å². The fourth-order valence-electron chi connectivity index (χ4n) is 3.35. The lowest BCUT2D eigenvalue weighted by molar-refractivity contribution is 0.0684. The van der Waals surface area contributed by atoms with Crippen molar-refractivity contribution in [3.63, 3.8) is 0 Å². The number of ether oxygens (including phenoxy) is 1. The number of hydrogen-bond acceptors (Lipinski definition) is 4. The zero-order valence-corrected chi connectivity index (χ0v) is 14.8. The van der Waals surface area contributed by atoms with Gasteiger partial charge in [0.1, 0.15) is 5.82 Å². The van der Waals surface area contributed by atoms with Crippen LogP contribution >= 0.6 is 0 Å². The molecule has 2 aromatic heterocycles. The van der Waals surface area contributed by atoms with E-state index < -0.39 is 0 Å². The molecule has 1 aliphatic rings. The molecule has 1 saturated heterocycles. The Hall–Kier alpha value is -2.41. The predicted molar refractivity (Wildman–Crippen MR) is 93.4 cm³/mol. The van der Waals surface area contributed by atoms with Crippen molar-refractivity contribution in [3.05, 3.63) is 52.0 Å². The van der Waals surface area contributed by atoms with Crippen LogP contribution in [0.1, 0.15) is 48.2 Å². The van der Waals surface area contributed by atoms with Crippen LogP contribution < -0.4 is 5.56 Å². The molecule has 0 saturated carbocycles. The zero-order chi connectivity index (χ0) is 18.0. The van der Waals surface area contributed by atoms with E-state index in [-0.39, 0.29) is 23.6 Å². The molecule has 0 bridgehead atoms. The lowest BCUT2D eigenvalue weighted by atomic mass is 10.1. The molecule has 7 nitrogen and oxygen atoms in total. The van der Waals surface area contributed by atoms with Crippen LogP contribution in [0.4, 0.5) is 0 Å². The maximum atomic E-state index is 13.1. The first-order valence-electron chi connectivity index (χ1n) is 8.54. The highest BCUT2D eigenvalue weighted by Crippen LogP contribution is 2.32. The number of aromatic amines is 2. The average molecular weight is 344 g/mol. The van der Waals surface area contributed by atoms with E-state index in [4.69, 9.17) is 4.74 Å². The summed E-state index contributed by atoms with van der Waals surface area (Å²) in [6.07, 6.45) is 4.77. The second-order valence-electron chi connectivity index (χ2n) is 6.90. The molecule has 0 radical (unpaired) electrons. The van der Waals surface area contributed by atoms with Crippen LogP contribution in [0.15, 0.2) is 29.3 Å². The Labute approximate surface area is 146 Å². The number of rotatable bonds is 5. The van der Waals surface area contributed by atoms with Crippen LogP contribution in [-0.4, -0.2) is 45.5 Å². The molecule has 0 aliphatic carbocycles. The Bertz CT molecular complexity index is 782. The highest BCUT2D eigenvalue weighted by Gasteiger charge is 2.38. The number of hydrogen-bond donors (Lipinski definition) is 2. The average Bonchev–Trinajstić information content (AvgIpc) is 3.21. The number of methoxy groups -OCH3 is 1. The van der Waals surface area contributed by atoms with E-state index in [1.54, 1.807) is 30.5 Å². The fourth-order valence-corrected chi connectivity index (χ4v) is 3.35. The van der Waals surface area contributed by atoms with E-state index in [0.29, 0.717) is 24.4 Å². The van der Waals surface area contributed by atoms with Crippen LogP contribution in [0.2, 0.25) is 0 Å². The molecule has 2 N–H and O–H groups in total. The van der Waals surface area contributed by atoms with E-state index >= 15 is 0 Å². The van der Waals surface area contributed by atoms with Gasteiger partial charge < -0.3 is 19.6 Å². The summed E-state index contributed by atoms with van der Waals surface area (Å²) in [5.74, 6) is 0.957. The number of aromatic nitrogens is 3. The summed E-state index contributed by atoms with van der Waals surface area (Å²) in [6, 6.07) is 2.97. The number of carbonyl (C=O) groups is 1. The second-order valence-corrected chi connectivity index (χ2v) is 6.90. The molecule has 2 aromatic rings. The third kappa shape index (κ3) is 3.82. The van der Waals surface area contributed by atoms with Gasteiger partial charge in [0, 0.05) is 49.8 Å². The molecule has 134 valence electrons. The number of nitrogens with zero attached hydrogens (tertiary/aromatic N) is 2. The SMILES string of the molecule is CO[C@@H]1CC(c2ncc[nH]2)N(C(=O)c2cc(CC(C)C)[nH]c(=O)c2)C1. The van der Waals surface area contributed by atoms with Crippen LogP contribution in [-0.2, 0) is 11.2 Å². The smallest absolute Gasteiger partial charge is 0.254 e. The third-order valence-electron chi connectivity index (χ3n) is 4.47. The summed E-state index contributed by atoms with van der Waals surface area (Å²) in [4.78, 5) is 37.0. The molecule has 7 heteroatoms. The fraction of sp³-hybridized carbons (Fsp3) is 0.500. The van der Waals surface area contributed by atoms with Gasteiger partial charge in [0.25, 0.3) is 5.91 Å². The van der Waals surface area contributed by atoms with Crippen molar-refractivity contribution in [2.24, 2.45) is 5.92 Å². The van der Waals surface area contributed by atoms with Gasteiger partial charge in [-0.25, -0.2) is 4.98 Å². The molecule has 2 atom stereocenters. The Morgan fingerprint density at radius 1 is 1.44 bits per heavy atom. The zero-order valence-electron chi connectivity index (χ0n) is 14.8. The summed E-state index contributed by atoms with van der Waals surface area (Å²) in [6.45, 7) is 4.62. The molecule has 1 aliphatic heterocycles. The van der Waals surface area contributed by atoms with Gasteiger partial charge in [-0.15, -0.1) is 0 Å². The number of carbonyl (C=O) groups excluding carboxylic acids is 1. The number of imidazole rings is 1. The topological polar surface area (TPSA) is 91.1 Å². The lowest BCUT2D eigenvalue weighted by Crippen LogP contribution is -2.33. The Balaban J connectivity index is 1.90. The van der Waals surface area contributed by atoms with Gasteiger partial charge in [-0.1, -0.05) is 13.8 Å². The van der Waals surface area contributed by atoms with Crippen molar-refractivity contribution in [1.82, 2.24) is 19.9 Å². The molecule has 3 heterocycles. The van der Waals surface area contributed by atoms with Crippen LogP contribution in [0.5, 0.6) is 0 Å². The van der Waals surface area contributed by atoms with Gasteiger partial charge in [-0.2, -0.15) is 0 Å². The summed E-state index contributed by atoms with van der Waals surface area (Å²) in [5, 5.41) is 0. The molecule has 1 fully saturated rings. The van der Waals surface area contributed by atoms with Crippen molar-refractivity contribution < 1.29 is 9.53 Å². The largest absolute Gasteiger partial charge is 0.380 e. The lowest BCUT2D eigenvalue weighted by Gasteiger charge is -2.23. The molecule has 25 heavy (non-hydrogen) atoms. The van der Waals surface area contributed by atoms with E-state index in [1.807, 2.05) is 0 Å². The monoisotopic (exact) mass is 344 g/mol. The summed E-state index contributed by atoms with van der Waals surface area (Å²) < 4.78 is 5.45. The van der Waals surface area contributed by atoms with E-state index in [2.05, 4.69) is 28.8 Å². The number of H-pyrrole nitrogens is 2. The third-order valence-corrected chi connectivity index (χ3v) is 4.47. The molecule has 1 unspecified atom stereocenters. The van der Waals surface area contributed by atoms with E-state index in [0.717, 1.165) is 17.9 Å². The first-order valence-corrected chi connectivity index (χ1v) is 8.54. The second kappa shape index (κ2) is 7.23. The number of pyridine rings is 1. The molecule has 3 rings (SSSR count). The summed E-state index contributed by atoms with van der Waals surface area (Å²) >= 11 is 0. The van der Waals surface area contributed by atoms with E-state index in [9.17, 15) is 9.59 Å². The van der Waals surface area contributed by atoms with Gasteiger partial charge in [0.05, 0.1) is 12.1 Å². The Kier molecular flexibility index (Phi) is 5.03. The minimum Gasteiger partial charge on any atom is -0.380 e. The Morgan fingerprint density at radius 2 is 2.24 bits per heavy atom. The standard InChI is InChI=1S/C18H24N4O3/c1-11(2)6-13-7-12(8-16(23)21-13)18(24)22-10-14(25-3)9-15(22)17-19-4-5-20-17/h4-5,7-8,11,14-15H,6,9-10H2,1-3H3,(H,19,20)(H,21,23)/t14-,15?/m1/s1. The molecule has 1 amide bonds. The first kappa shape index (κ1) is 17.4. The minimum absolute atomic E-state index is 0.0452. The maximum Gasteiger partial charge on any atom is 0.254 e. The summed E-state index contributed by atoms with van der Waals surface area (Å²) in [7, 11) is 1.64. The Morgan fingerprint density at radius 3 is 2.88 bits per heavy atom. The predicted octanol–water partition coefficient (Wildman–Crippen LogP) is 1.90. The number of likely N-dealkylation sites (tertiary alicyclic amines) is 1.